The Labute approximate surface area is 90.4 Å². The lowest BCUT2D eigenvalue weighted by Crippen LogP contribution is -2.16. The Morgan fingerprint density at radius 2 is 2.07 bits per heavy atom. The van der Waals surface area contributed by atoms with Crippen molar-refractivity contribution in [2.24, 2.45) is 0 Å². The van der Waals surface area contributed by atoms with Gasteiger partial charge in [0.25, 0.3) is 0 Å². The number of ether oxygens (including phenoxy) is 1. The van der Waals surface area contributed by atoms with E-state index in [2.05, 4.69) is 5.32 Å². The van der Waals surface area contributed by atoms with Gasteiger partial charge in [-0.3, -0.25) is 4.79 Å². The predicted molar refractivity (Wildman–Crippen MR) is 59.5 cm³/mol. The van der Waals surface area contributed by atoms with Gasteiger partial charge < -0.3 is 10.1 Å². The summed E-state index contributed by atoms with van der Waals surface area (Å²) in [5.74, 6) is -0.166. The van der Waals surface area contributed by atoms with Crippen molar-refractivity contribution in [1.82, 2.24) is 5.32 Å². The fourth-order valence-electron chi connectivity index (χ4n) is 1.28. The van der Waals surface area contributed by atoms with Gasteiger partial charge in [-0.25, -0.2) is 0 Å². The highest BCUT2D eigenvalue weighted by Crippen LogP contribution is 2.16. The second kappa shape index (κ2) is 6.19. The van der Waals surface area contributed by atoms with Gasteiger partial charge in [0.05, 0.1) is 6.42 Å². The summed E-state index contributed by atoms with van der Waals surface area (Å²) in [6.07, 6.45) is 0.240. The van der Waals surface area contributed by atoms with Crippen molar-refractivity contribution in [1.29, 1.82) is 0 Å². The van der Waals surface area contributed by atoms with Crippen molar-refractivity contribution < 1.29 is 9.53 Å². The van der Waals surface area contributed by atoms with Gasteiger partial charge in [-0.1, -0.05) is 30.3 Å². The minimum Gasteiger partial charge on any atom is -0.458 e. The van der Waals surface area contributed by atoms with Crippen molar-refractivity contribution in [2.45, 2.75) is 19.4 Å². The highest BCUT2D eigenvalue weighted by molar-refractivity contribution is 5.69. The molecule has 82 valence electrons. The first-order valence-electron chi connectivity index (χ1n) is 5.13. The third-order valence-electron chi connectivity index (χ3n) is 2.16. The van der Waals surface area contributed by atoms with Crippen LogP contribution < -0.4 is 5.32 Å². The maximum atomic E-state index is 11.3. The third kappa shape index (κ3) is 4.13. The summed E-state index contributed by atoms with van der Waals surface area (Å²) in [5, 5.41) is 2.91. The van der Waals surface area contributed by atoms with Gasteiger partial charge in [0.1, 0.15) is 6.10 Å². The van der Waals surface area contributed by atoms with Gasteiger partial charge in [-0.05, 0) is 19.5 Å². The molecule has 1 aromatic carbocycles. The monoisotopic (exact) mass is 207 g/mol. The molecule has 0 heterocycles. The van der Waals surface area contributed by atoms with Crippen molar-refractivity contribution >= 4 is 5.97 Å². The fraction of sp³-hybridized carbons (Fsp3) is 0.417. The highest BCUT2D eigenvalue weighted by atomic mass is 16.5. The van der Waals surface area contributed by atoms with Crippen LogP contribution in [-0.4, -0.2) is 19.6 Å². The molecule has 0 spiro atoms. The van der Waals surface area contributed by atoms with Gasteiger partial charge in [0, 0.05) is 6.54 Å². The molecule has 1 unspecified atom stereocenters. The number of hydrogen-bond acceptors (Lipinski definition) is 3. The van der Waals surface area contributed by atoms with Crippen LogP contribution in [0, 0.1) is 0 Å². The first-order chi connectivity index (χ1) is 7.24. The SMILES string of the molecule is CNCCC(=O)OC(C)c1ccccc1. The maximum Gasteiger partial charge on any atom is 0.307 e. The molecular formula is C12H17NO2. The molecule has 3 nitrogen and oxygen atoms in total. The van der Waals surface area contributed by atoms with E-state index in [9.17, 15) is 4.79 Å². The first kappa shape index (κ1) is 11.7. The average Bonchev–Trinajstić information content (AvgIpc) is 2.27. The minimum absolute atomic E-state index is 0.166. The smallest absolute Gasteiger partial charge is 0.307 e. The van der Waals surface area contributed by atoms with Crippen LogP contribution in [0.15, 0.2) is 30.3 Å². The average molecular weight is 207 g/mol. The highest BCUT2D eigenvalue weighted by Gasteiger charge is 2.10. The summed E-state index contributed by atoms with van der Waals surface area (Å²) in [4.78, 5) is 11.3. The number of esters is 1. The zero-order chi connectivity index (χ0) is 11.1. The molecular weight excluding hydrogens is 190 g/mol. The van der Waals surface area contributed by atoms with Crippen LogP contribution in [0.4, 0.5) is 0 Å². The number of benzene rings is 1. The topological polar surface area (TPSA) is 38.3 Å². The number of carbonyl (C=O) groups is 1. The molecule has 0 aliphatic carbocycles. The summed E-state index contributed by atoms with van der Waals surface area (Å²) in [6, 6.07) is 9.73. The summed E-state index contributed by atoms with van der Waals surface area (Å²) >= 11 is 0. The molecule has 3 heteroatoms. The number of rotatable bonds is 5. The van der Waals surface area contributed by atoms with Crippen LogP contribution in [0.1, 0.15) is 25.0 Å². The van der Waals surface area contributed by atoms with Gasteiger partial charge in [-0.15, -0.1) is 0 Å². The van der Waals surface area contributed by atoms with Crippen molar-refractivity contribution in [2.75, 3.05) is 13.6 Å². The first-order valence-corrected chi connectivity index (χ1v) is 5.13. The Balaban J connectivity index is 2.42. The van der Waals surface area contributed by atoms with E-state index >= 15 is 0 Å². The summed E-state index contributed by atoms with van der Waals surface area (Å²) in [7, 11) is 1.81. The second-order valence-electron chi connectivity index (χ2n) is 3.40. The van der Waals surface area contributed by atoms with Crippen LogP contribution in [0.5, 0.6) is 0 Å². The molecule has 0 aromatic heterocycles. The van der Waals surface area contributed by atoms with E-state index in [-0.39, 0.29) is 12.1 Å². The molecule has 0 saturated heterocycles. The summed E-state index contributed by atoms with van der Waals surface area (Å²) in [6.45, 7) is 2.53. The molecule has 1 rings (SSSR count). The molecule has 0 aliphatic heterocycles. The Morgan fingerprint density at radius 3 is 2.67 bits per heavy atom. The van der Waals surface area contributed by atoms with Crippen LogP contribution in [-0.2, 0) is 9.53 Å². The number of hydrogen-bond donors (Lipinski definition) is 1. The lowest BCUT2D eigenvalue weighted by atomic mass is 10.1. The van der Waals surface area contributed by atoms with E-state index in [1.54, 1.807) is 0 Å². The maximum absolute atomic E-state index is 11.3. The lowest BCUT2D eigenvalue weighted by Gasteiger charge is -2.13. The van der Waals surface area contributed by atoms with Crippen LogP contribution in [0.25, 0.3) is 0 Å². The Bertz CT molecular complexity index is 298. The predicted octanol–water partition coefficient (Wildman–Crippen LogP) is 1.90. The van der Waals surface area contributed by atoms with E-state index in [4.69, 9.17) is 4.74 Å². The molecule has 1 N–H and O–H groups in total. The molecule has 15 heavy (non-hydrogen) atoms. The molecule has 1 atom stereocenters. The number of carbonyl (C=O) groups excluding carboxylic acids is 1. The van der Waals surface area contributed by atoms with E-state index in [0.29, 0.717) is 13.0 Å². The van der Waals surface area contributed by atoms with Gasteiger partial charge in [-0.2, -0.15) is 0 Å². The molecule has 0 bridgehead atoms. The van der Waals surface area contributed by atoms with Crippen molar-refractivity contribution in [3.8, 4) is 0 Å². The number of nitrogens with one attached hydrogen (secondary N) is 1. The van der Waals surface area contributed by atoms with Crippen molar-refractivity contribution in [3.63, 3.8) is 0 Å². The van der Waals surface area contributed by atoms with Gasteiger partial charge in [0.15, 0.2) is 0 Å². The molecule has 0 aliphatic rings. The third-order valence-corrected chi connectivity index (χ3v) is 2.16. The molecule has 0 fully saturated rings. The van der Waals surface area contributed by atoms with Crippen molar-refractivity contribution in [3.05, 3.63) is 35.9 Å². The second-order valence-corrected chi connectivity index (χ2v) is 3.40. The fourth-order valence-corrected chi connectivity index (χ4v) is 1.28. The van der Waals surface area contributed by atoms with Crippen LogP contribution in [0.3, 0.4) is 0 Å². The molecule has 0 radical (unpaired) electrons. The zero-order valence-corrected chi connectivity index (χ0v) is 9.19. The van der Waals surface area contributed by atoms with E-state index in [1.165, 1.54) is 0 Å². The molecule has 1 aromatic rings. The van der Waals surface area contributed by atoms with E-state index < -0.39 is 0 Å². The quantitative estimate of drug-likeness (QED) is 0.749. The van der Waals surface area contributed by atoms with E-state index in [1.807, 2.05) is 44.3 Å². The Kier molecular flexibility index (Phi) is 4.84. The van der Waals surface area contributed by atoms with Gasteiger partial charge in [0.2, 0.25) is 0 Å². The Hall–Kier alpha value is -1.35. The normalized spacial score (nSPS) is 12.1. The molecule has 0 saturated carbocycles. The van der Waals surface area contributed by atoms with Crippen LogP contribution in [0.2, 0.25) is 0 Å². The largest absolute Gasteiger partial charge is 0.458 e. The van der Waals surface area contributed by atoms with Gasteiger partial charge >= 0.3 is 5.97 Å². The summed E-state index contributed by atoms with van der Waals surface area (Å²) < 4.78 is 5.26. The van der Waals surface area contributed by atoms with E-state index in [0.717, 1.165) is 5.56 Å². The lowest BCUT2D eigenvalue weighted by molar-refractivity contribution is -0.148. The standard InChI is InChI=1S/C12H17NO2/c1-10(11-6-4-3-5-7-11)15-12(14)8-9-13-2/h3-7,10,13H,8-9H2,1-2H3. The zero-order valence-electron chi connectivity index (χ0n) is 9.19. The van der Waals surface area contributed by atoms with Crippen LogP contribution >= 0.6 is 0 Å². The Morgan fingerprint density at radius 1 is 1.40 bits per heavy atom. The summed E-state index contributed by atoms with van der Waals surface area (Å²) in [5.41, 5.74) is 1.02. The molecule has 0 amide bonds. The minimum atomic E-state index is -0.171.